The zero-order chi connectivity index (χ0) is 8.39. The average Bonchev–Trinajstić information content (AvgIpc) is 2.57. The van der Waals surface area contributed by atoms with Crippen molar-refractivity contribution < 1.29 is 4.42 Å². The molecule has 0 saturated carbocycles. The van der Waals surface area contributed by atoms with Gasteiger partial charge < -0.3 is 9.73 Å². The van der Waals surface area contributed by atoms with Crippen molar-refractivity contribution in [3.05, 3.63) is 29.7 Å². The van der Waals surface area contributed by atoms with E-state index in [1.165, 1.54) is 11.1 Å². The second kappa shape index (κ2) is 3.15. The molecule has 0 unspecified atom stereocenters. The molecule has 1 aliphatic heterocycles. The lowest BCUT2D eigenvalue weighted by atomic mass is 10.0. The van der Waals surface area contributed by atoms with Gasteiger partial charge in [0.2, 0.25) is 0 Å². The fourth-order valence-corrected chi connectivity index (χ4v) is 1.54. The molecule has 0 amide bonds. The molecule has 0 fully saturated rings. The number of rotatable bonds is 1. The van der Waals surface area contributed by atoms with Crippen molar-refractivity contribution >= 4 is 5.57 Å². The molecule has 2 heteroatoms. The first-order valence-electron chi connectivity index (χ1n) is 4.31. The summed E-state index contributed by atoms with van der Waals surface area (Å²) in [5.41, 5.74) is 2.77. The van der Waals surface area contributed by atoms with Gasteiger partial charge in [-0.3, -0.25) is 0 Å². The Bertz CT molecular complexity index is 285. The summed E-state index contributed by atoms with van der Waals surface area (Å²) in [5, 5.41) is 3.34. The lowest BCUT2D eigenvalue weighted by Crippen LogP contribution is -2.23. The van der Waals surface area contributed by atoms with Gasteiger partial charge in [-0.1, -0.05) is 5.57 Å². The highest BCUT2D eigenvalue weighted by molar-refractivity contribution is 5.66. The van der Waals surface area contributed by atoms with Crippen LogP contribution in [0.5, 0.6) is 0 Å². The molecule has 12 heavy (non-hydrogen) atoms. The average molecular weight is 163 g/mol. The molecule has 0 bridgehead atoms. The lowest BCUT2D eigenvalue weighted by Gasteiger charge is -2.16. The van der Waals surface area contributed by atoms with Crippen LogP contribution in [-0.4, -0.2) is 13.1 Å². The first-order chi connectivity index (χ1) is 5.88. The molecule has 1 aromatic rings. The monoisotopic (exact) mass is 163 g/mol. The maximum absolute atomic E-state index is 5.35. The third-order valence-corrected chi connectivity index (χ3v) is 2.31. The van der Waals surface area contributed by atoms with Crippen LogP contribution in [0.15, 0.2) is 28.4 Å². The summed E-state index contributed by atoms with van der Waals surface area (Å²) in [6, 6.07) is 3.95. The van der Waals surface area contributed by atoms with Crippen molar-refractivity contribution in [2.45, 2.75) is 13.3 Å². The van der Waals surface area contributed by atoms with E-state index in [9.17, 15) is 0 Å². The molecule has 1 aliphatic rings. The Hall–Kier alpha value is -1.02. The second-order valence-electron chi connectivity index (χ2n) is 3.16. The lowest BCUT2D eigenvalue weighted by molar-refractivity contribution is 0.545. The fraction of sp³-hybridized carbons (Fsp3) is 0.400. The minimum atomic E-state index is 0.944. The zero-order valence-electron chi connectivity index (χ0n) is 7.26. The standard InChI is InChI=1S/C10H13NO/c1-8-4-5-11-7-9(8)10-3-2-6-12-10/h2-3,6,11H,4-5,7H2,1H3. The molecule has 0 saturated heterocycles. The van der Waals surface area contributed by atoms with E-state index < -0.39 is 0 Å². The molecule has 1 aromatic heterocycles. The van der Waals surface area contributed by atoms with Crippen molar-refractivity contribution in [3.8, 4) is 0 Å². The molecule has 0 aliphatic carbocycles. The Morgan fingerprint density at radius 3 is 3.08 bits per heavy atom. The maximum Gasteiger partial charge on any atom is 0.131 e. The number of hydrogen-bond acceptors (Lipinski definition) is 2. The molecule has 2 nitrogen and oxygen atoms in total. The molecule has 0 radical (unpaired) electrons. The summed E-state index contributed by atoms with van der Waals surface area (Å²) < 4.78 is 5.35. The number of nitrogens with one attached hydrogen (secondary N) is 1. The van der Waals surface area contributed by atoms with Crippen LogP contribution >= 0.6 is 0 Å². The van der Waals surface area contributed by atoms with Gasteiger partial charge in [-0.2, -0.15) is 0 Å². The Balaban J connectivity index is 2.33. The predicted octanol–water partition coefficient (Wildman–Crippen LogP) is 2.05. The molecular weight excluding hydrogens is 150 g/mol. The van der Waals surface area contributed by atoms with Crippen LogP contribution < -0.4 is 5.32 Å². The molecule has 64 valence electrons. The Morgan fingerprint density at radius 1 is 1.50 bits per heavy atom. The summed E-state index contributed by atoms with van der Waals surface area (Å²) in [7, 11) is 0. The molecule has 2 rings (SSSR count). The first-order valence-corrected chi connectivity index (χ1v) is 4.31. The van der Waals surface area contributed by atoms with E-state index in [-0.39, 0.29) is 0 Å². The summed E-state index contributed by atoms with van der Waals surface area (Å²) >= 11 is 0. The Morgan fingerprint density at radius 2 is 2.42 bits per heavy atom. The highest BCUT2D eigenvalue weighted by Crippen LogP contribution is 2.22. The van der Waals surface area contributed by atoms with Crippen LogP contribution in [0.1, 0.15) is 19.1 Å². The van der Waals surface area contributed by atoms with E-state index in [0.29, 0.717) is 0 Å². The van der Waals surface area contributed by atoms with E-state index in [1.807, 2.05) is 12.1 Å². The van der Waals surface area contributed by atoms with Crippen molar-refractivity contribution in [1.29, 1.82) is 0 Å². The molecule has 0 atom stereocenters. The molecule has 0 spiro atoms. The van der Waals surface area contributed by atoms with E-state index in [0.717, 1.165) is 25.3 Å². The van der Waals surface area contributed by atoms with Gasteiger partial charge in [0.15, 0.2) is 0 Å². The van der Waals surface area contributed by atoms with E-state index in [1.54, 1.807) is 6.26 Å². The topological polar surface area (TPSA) is 25.2 Å². The molecule has 0 aromatic carbocycles. The molecule has 1 N–H and O–H groups in total. The maximum atomic E-state index is 5.35. The van der Waals surface area contributed by atoms with E-state index >= 15 is 0 Å². The highest BCUT2D eigenvalue weighted by Gasteiger charge is 2.11. The van der Waals surface area contributed by atoms with Crippen LogP contribution in [0, 0.1) is 0 Å². The molecule has 2 heterocycles. The van der Waals surface area contributed by atoms with Crippen LogP contribution in [0.25, 0.3) is 5.57 Å². The van der Waals surface area contributed by atoms with Gasteiger partial charge in [-0.15, -0.1) is 0 Å². The van der Waals surface area contributed by atoms with Gasteiger partial charge in [-0.05, 0) is 32.0 Å². The smallest absolute Gasteiger partial charge is 0.131 e. The van der Waals surface area contributed by atoms with Crippen LogP contribution in [0.3, 0.4) is 0 Å². The van der Waals surface area contributed by atoms with Crippen LogP contribution in [0.4, 0.5) is 0 Å². The number of furan rings is 1. The quantitative estimate of drug-likeness (QED) is 0.685. The second-order valence-corrected chi connectivity index (χ2v) is 3.16. The van der Waals surface area contributed by atoms with Gasteiger partial charge in [0.05, 0.1) is 6.26 Å². The SMILES string of the molecule is CC1=C(c2ccco2)CNCC1. The summed E-state index contributed by atoms with van der Waals surface area (Å²) in [6.45, 7) is 4.22. The third kappa shape index (κ3) is 1.30. The van der Waals surface area contributed by atoms with Crippen molar-refractivity contribution in [2.24, 2.45) is 0 Å². The first kappa shape index (κ1) is 7.62. The van der Waals surface area contributed by atoms with Crippen LogP contribution in [0.2, 0.25) is 0 Å². The van der Waals surface area contributed by atoms with E-state index in [2.05, 4.69) is 12.2 Å². The fourth-order valence-electron chi connectivity index (χ4n) is 1.54. The summed E-state index contributed by atoms with van der Waals surface area (Å²) in [6.07, 6.45) is 2.86. The van der Waals surface area contributed by atoms with Gasteiger partial charge >= 0.3 is 0 Å². The van der Waals surface area contributed by atoms with E-state index in [4.69, 9.17) is 4.42 Å². The van der Waals surface area contributed by atoms with Crippen molar-refractivity contribution in [2.75, 3.05) is 13.1 Å². The molecular formula is C10H13NO. The zero-order valence-corrected chi connectivity index (χ0v) is 7.26. The summed E-state index contributed by atoms with van der Waals surface area (Å²) in [5.74, 6) is 1.01. The van der Waals surface area contributed by atoms with Crippen molar-refractivity contribution in [3.63, 3.8) is 0 Å². The summed E-state index contributed by atoms with van der Waals surface area (Å²) in [4.78, 5) is 0. The van der Waals surface area contributed by atoms with Gasteiger partial charge in [-0.25, -0.2) is 0 Å². The Kier molecular flexibility index (Phi) is 2.00. The minimum absolute atomic E-state index is 0.944. The largest absolute Gasteiger partial charge is 0.465 e. The van der Waals surface area contributed by atoms with Gasteiger partial charge in [0, 0.05) is 12.1 Å². The Labute approximate surface area is 72.3 Å². The predicted molar refractivity (Wildman–Crippen MR) is 48.8 cm³/mol. The van der Waals surface area contributed by atoms with Gasteiger partial charge in [0.25, 0.3) is 0 Å². The van der Waals surface area contributed by atoms with Crippen LogP contribution in [-0.2, 0) is 0 Å². The minimum Gasteiger partial charge on any atom is -0.465 e. The van der Waals surface area contributed by atoms with Crippen molar-refractivity contribution in [1.82, 2.24) is 5.32 Å². The van der Waals surface area contributed by atoms with Gasteiger partial charge in [0.1, 0.15) is 5.76 Å². The third-order valence-electron chi connectivity index (χ3n) is 2.31. The number of hydrogen-bond donors (Lipinski definition) is 1. The highest BCUT2D eigenvalue weighted by atomic mass is 16.3. The normalized spacial score (nSPS) is 18.4.